The number of hydrogen-bond donors (Lipinski definition) is 2. The fourth-order valence-electron chi connectivity index (χ4n) is 3.78. The van der Waals surface area contributed by atoms with E-state index in [9.17, 15) is 9.59 Å². The van der Waals surface area contributed by atoms with Gasteiger partial charge in [-0.3, -0.25) is 14.7 Å². The van der Waals surface area contributed by atoms with E-state index < -0.39 is 0 Å². The molecule has 1 saturated heterocycles. The van der Waals surface area contributed by atoms with Crippen molar-refractivity contribution in [3.05, 3.63) is 47.3 Å². The van der Waals surface area contributed by atoms with E-state index in [1.54, 1.807) is 12.0 Å². The topological polar surface area (TPSA) is 87.3 Å². The summed E-state index contributed by atoms with van der Waals surface area (Å²) in [6.07, 6.45) is 2.31. The molecule has 2 N–H and O–H groups in total. The van der Waals surface area contributed by atoms with Crippen LogP contribution in [0.2, 0.25) is 0 Å². The van der Waals surface area contributed by atoms with E-state index in [-0.39, 0.29) is 23.8 Å². The van der Waals surface area contributed by atoms with Gasteiger partial charge in [-0.1, -0.05) is 12.1 Å². The van der Waals surface area contributed by atoms with Crippen LogP contribution in [0.3, 0.4) is 0 Å². The molecule has 27 heavy (non-hydrogen) atoms. The lowest BCUT2D eigenvalue weighted by atomic mass is 9.94. The molecule has 142 valence electrons. The second-order valence-electron chi connectivity index (χ2n) is 7.38. The quantitative estimate of drug-likeness (QED) is 0.845. The highest BCUT2D eigenvalue weighted by atomic mass is 16.5. The van der Waals surface area contributed by atoms with Gasteiger partial charge in [0, 0.05) is 37.5 Å². The maximum Gasteiger partial charge on any atom is 0.274 e. The Hall–Kier alpha value is -2.83. The number of nitrogens with one attached hydrogen (secondary N) is 2. The highest BCUT2D eigenvalue weighted by Gasteiger charge is 2.38. The van der Waals surface area contributed by atoms with Gasteiger partial charge >= 0.3 is 0 Å². The number of benzene rings is 1. The van der Waals surface area contributed by atoms with Crippen LogP contribution in [0.25, 0.3) is 0 Å². The molecular weight excluding hydrogens is 344 g/mol. The van der Waals surface area contributed by atoms with Crippen molar-refractivity contribution in [2.45, 2.75) is 37.6 Å². The molecule has 4 rings (SSSR count). The number of rotatable bonds is 5. The molecule has 2 fully saturated rings. The van der Waals surface area contributed by atoms with Gasteiger partial charge in [0.05, 0.1) is 13.2 Å². The Morgan fingerprint density at radius 1 is 1.22 bits per heavy atom. The van der Waals surface area contributed by atoms with E-state index in [0.29, 0.717) is 24.7 Å². The van der Waals surface area contributed by atoms with Crippen molar-refractivity contribution in [2.75, 3.05) is 20.2 Å². The maximum absolute atomic E-state index is 12.9. The molecule has 0 bridgehead atoms. The number of methoxy groups -OCH3 is 1. The van der Waals surface area contributed by atoms with Crippen LogP contribution >= 0.6 is 0 Å². The number of ether oxygens (including phenoxy) is 1. The van der Waals surface area contributed by atoms with Crippen molar-refractivity contribution >= 4 is 11.8 Å². The van der Waals surface area contributed by atoms with E-state index >= 15 is 0 Å². The number of H-pyrrole nitrogens is 1. The minimum absolute atomic E-state index is 0.0330. The number of carbonyl (C=O) groups is 2. The Morgan fingerprint density at radius 3 is 2.59 bits per heavy atom. The smallest absolute Gasteiger partial charge is 0.274 e. The van der Waals surface area contributed by atoms with E-state index in [2.05, 4.69) is 15.5 Å². The van der Waals surface area contributed by atoms with Crippen LogP contribution < -0.4 is 10.1 Å². The molecule has 7 nitrogen and oxygen atoms in total. The molecule has 0 spiro atoms. The van der Waals surface area contributed by atoms with Gasteiger partial charge < -0.3 is 15.0 Å². The summed E-state index contributed by atoms with van der Waals surface area (Å²) in [6, 6.07) is 9.54. The zero-order valence-corrected chi connectivity index (χ0v) is 15.6. The molecule has 0 unspecified atom stereocenters. The summed E-state index contributed by atoms with van der Waals surface area (Å²) in [5.41, 5.74) is 2.57. The van der Waals surface area contributed by atoms with Crippen LogP contribution in [-0.2, 0) is 4.79 Å². The first-order chi connectivity index (χ1) is 13.0. The van der Waals surface area contributed by atoms with E-state index in [1.165, 1.54) is 6.92 Å². The highest BCUT2D eigenvalue weighted by molar-refractivity contribution is 5.93. The molecule has 1 aliphatic carbocycles. The molecular formula is C20H24N4O3. The largest absolute Gasteiger partial charge is 0.497 e. The Kier molecular flexibility index (Phi) is 4.59. The standard InChI is InChI=1S/C20H24N4O3/c1-12(25)21-19-11-24(10-16(19)13-5-7-15(27-2)8-6-13)20(26)18-9-17(22-23-18)14-3-4-14/h5-9,14,16,19H,3-4,10-11H2,1-2H3,(H,21,25)(H,22,23)/t16-,19+/m0/s1. The van der Waals surface area contributed by atoms with Gasteiger partial charge in [-0.2, -0.15) is 5.10 Å². The lowest BCUT2D eigenvalue weighted by Gasteiger charge is -2.19. The third-order valence-corrected chi connectivity index (χ3v) is 5.37. The average molecular weight is 368 g/mol. The second kappa shape index (κ2) is 7.06. The molecule has 1 aromatic carbocycles. The lowest BCUT2D eigenvalue weighted by molar-refractivity contribution is -0.119. The van der Waals surface area contributed by atoms with Gasteiger partial charge in [0.15, 0.2) is 0 Å². The fraction of sp³-hybridized carbons (Fsp3) is 0.450. The molecule has 2 aliphatic rings. The van der Waals surface area contributed by atoms with E-state index in [4.69, 9.17) is 4.74 Å². The van der Waals surface area contributed by atoms with E-state index in [0.717, 1.165) is 29.8 Å². The summed E-state index contributed by atoms with van der Waals surface area (Å²) < 4.78 is 5.22. The Bertz CT molecular complexity index is 841. The Balaban J connectivity index is 1.53. The number of aromatic amines is 1. The van der Waals surface area contributed by atoms with Gasteiger partial charge in [0.1, 0.15) is 11.4 Å². The maximum atomic E-state index is 12.9. The molecule has 1 saturated carbocycles. The monoisotopic (exact) mass is 368 g/mol. The summed E-state index contributed by atoms with van der Waals surface area (Å²) >= 11 is 0. The van der Waals surface area contributed by atoms with Crippen LogP contribution in [0, 0.1) is 0 Å². The van der Waals surface area contributed by atoms with E-state index in [1.807, 2.05) is 30.3 Å². The summed E-state index contributed by atoms with van der Waals surface area (Å²) in [5, 5.41) is 10.2. The molecule has 1 aliphatic heterocycles. The lowest BCUT2D eigenvalue weighted by Crippen LogP contribution is -2.39. The van der Waals surface area contributed by atoms with Crippen LogP contribution in [0.1, 0.15) is 53.3 Å². The first-order valence-electron chi connectivity index (χ1n) is 9.30. The zero-order chi connectivity index (χ0) is 19.0. The summed E-state index contributed by atoms with van der Waals surface area (Å²) in [7, 11) is 1.63. The van der Waals surface area contributed by atoms with Crippen LogP contribution in [0.5, 0.6) is 5.75 Å². The average Bonchev–Trinajstić information content (AvgIpc) is 3.25. The normalized spacial score (nSPS) is 21.9. The van der Waals surface area contributed by atoms with Gasteiger partial charge in [0.25, 0.3) is 5.91 Å². The van der Waals surface area contributed by atoms with Crippen molar-refractivity contribution in [3.8, 4) is 5.75 Å². The third-order valence-electron chi connectivity index (χ3n) is 5.37. The number of hydrogen-bond acceptors (Lipinski definition) is 4. The predicted octanol–water partition coefficient (Wildman–Crippen LogP) is 2.04. The zero-order valence-electron chi connectivity index (χ0n) is 15.6. The van der Waals surface area contributed by atoms with Crippen molar-refractivity contribution in [1.82, 2.24) is 20.4 Å². The minimum Gasteiger partial charge on any atom is -0.497 e. The fourth-order valence-corrected chi connectivity index (χ4v) is 3.78. The van der Waals surface area contributed by atoms with Gasteiger partial charge in [-0.05, 0) is 36.6 Å². The van der Waals surface area contributed by atoms with Crippen molar-refractivity contribution in [3.63, 3.8) is 0 Å². The van der Waals surface area contributed by atoms with Gasteiger partial charge in [-0.15, -0.1) is 0 Å². The molecule has 2 atom stereocenters. The second-order valence-corrected chi connectivity index (χ2v) is 7.38. The molecule has 1 aromatic heterocycles. The van der Waals surface area contributed by atoms with Gasteiger partial charge in [0.2, 0.25) is 5.91 Å². The molecule has 2 aromatic rings. The van der Waals surface area contributed by atoms with Crippen molar-refractivity contribution in [1.29, 1.82) is 0 Å². The first kappa shape index (κ1) is 17.6. The number of nitrogens with zero attached hydrogens (tertiary/aromatic N) is 2. The minimum atomic E-state index is -0.123. The molecule has 2 heterocycles. The third kappa shape index (κ3) is 3.67. The van der Waals surface area contributed by atoms with Crippen LogP contribution in [-0.4, -0.2) is 53.2 Å². The van der Waals surface area contributed by atoms with Crippen molar-refractivity contribution in [2.24, 2.45) is 0 Å². The molecule has 0 radical (unpaired) electrons. The summed E-state index contributed by atoms with van der Waals surface area (Å²) in [5.74, 6) is 1.15. The van der Waals surface area contributed by atoms with Crippen LogP contribution in [0.15, 0.2) is 30.3 Å². The first-order valence-corrected chi connectivity index (χ1v) is 9.30. The number of carbonyl (C=O) groups excluding carboxylic acids is 2. The van der Waals surface area contributed by atoms with Gasteiger partial charge in [-0.25, -0.2) is 0 Å². The molecule has 2 amide bonds. The SMILES string of the molecule is COc1ccc([C@@H]2CN(C(=O)c3cc(C4CC4)[nH]n3)C[C@H]2NC(C)=O)cc1. The van der Waals surface area contributed by atoms with Crippen molar-refractivity contribution < 1.29 is 14.3 Å². The Morgan fingerprint density at radius 2 is 1.96 bits per heavy atom. The summed E-state index contributed by atoms with van der Waals surface area (Å²) in [4.78, 5) is 26.4. The number of aromatic nitrogens is 2. The number of likely N-dealkylation sites (tertiary alicyclic amines) is 1. The summed E-state index contributed by atoms with van der Waals surface area (Å²) in [6.45, 7) is 2.52. The van der Waals surface area contributed by atoms with Crippen LogP contribution in [0.4, 0.5) is 0 Å². The predicted molar refractivity (Wildman–Crippen MR) is 99.8 cm³/mol. The highest BCUT2D eigenvalue weighted by Crippen LogP contribution is 2.39. The molecule has 7 heteroatoms. The Labute approximate surface area is 158 Å². The number of amides is 2.